The lowest BCUT2D eigenvalue weighted by atomic mass is 9.98. The molecule has 3 aromatic rings. The van der Waals surface area contributed by atoms with Crippen LogP contribution < -0.4 is 0 Å². The molecule has 1 N–H and O–H groups in total. The first-order valence-electron chi connectivity index (χ1n) is 13.7. The van der Waals surface area contributed by atoms with E-state index in [1.807, 2.05) is 39.8 Å². The van der Waals surface area contributed by atoms with Gasteiger partial charge < -0.3 is 14.6 Å². The molecule has 0 saturated heterocycles. The number of carbonyl (C=O) groups excluding carboxylic acids is 2. The number of aromatic nitrogens is 2. The van der Waals surface area contributed by atoms with Crippen molar-refractivity contribution < 1.29 is 24.2 Å². The fourth-order valence-electron chi connectivity index (χ4n) is 4.28. The molecule has 1 heterocycles. The van der Waals surface area contributed by atoms with Gasteiger partial charge in [-0.15, -0.1) is 10.2 Å². The number of phenolic OH excluding ortho intramolecular Hbond substituents is 1. The number of phenols is 1. The standard InChI is InChI=1S/C31H40N2O5S3/c1-18-12-25(13-19(2)24(18)7)8-10-27(34)37-22(5)16-39-30-32-33-31(41-30)40-17-23(6)38-28(35)11-9-26-14-20(3)29(36)21(4)15-26/h12-15,22-23,36H,8-11,16-17H2,1-7H3. The van der Waals surface area contributed by atoms with Gasteiger partial charge in [-0.1, -0.05) is 59.1 Å². The van der Waals surface area contributed by atoms with Gasteiger partial charge in [0, 0.05) is 24.3 Å². The van der Waals surface area contributed by atoms with Gasteiger partial charge in [0.2, 0.25) is 0 Å². The van der Waals surface area contributed by atoms with Crippen LogP contribution in [0, 0.1) is 34.6 Å². The van der Waals surface area contributed by atoms with Crippen LogP contribution in [0.15, 0.2) is 32.9 Å². The van der Waals surface area contributed by atoms with Crippen molar-refractivity contribution in [2.75, 3.05) is 11.5 Å². The number of esters is 2. The van der Waals surface area contributed by atoms with Crippen LogP contribution in [0.1, 0.15) is 65.6 Å². The van der Waals surface area contributed by atoms with E-state index < -0.39 is 0 Å². The number of aryl methyl sites for hydroxylation is 6. The van der Waals surface area contributed by atoms with E-state index in [0.717, 1.165) is 30.9 Å². The molecule has 7 nitrogen and oxygen atoms in total. The molecule has 0 saturated carbocycles. The summed E-state index contributed by atoms with van der Waals surface area (Å²) in [6.07, 6.45) is 1.38. The number of benzene rings is 2. The molecule has 0 aliphatic heterocycles. The fourth-order valence-corrected chi connectivity index (χ4v) is 7.19. The molecule has 222 valence electrons. The highest BCUT2D eigenvalue weighted by Gasteiger charge is 2.15. The van der Waals surface area contributed by atoms with Crippen LogP contribution in [0.3, 0.4) is 0 Å². The lowest BCUT2D eigenvalue weighted by Crippen LogP contribution is -2.17. The Labute approximate surface area is 255 Å². The Bertz CT molecular complexity index is 1210. The second-order valence-corrected chi connectivity index (χ2v) is 14.0. The molecule has 0 aliphatic rings. The van der Waals surface area contributed by atoms with E-state index in [1.54, 1.807) is 0 Å². The smallest absolute Gasteiger partial charge is 0.306 e. The van der Waals surface area contributed by atoms with E-state index in [4.69, 9.17) is 9.47 Å². The Kier molecular flexibility index (Phi) is 12.5. The molecular formula is C31H40N2O5S3. The molecule has 2 unspecified atom stereocenters. The largest absolute Gasteiger partial charge is 0.507 e. The van der Waals surface area contributed by atoms with Crippen molar-refractivity contribution in [3.05, 3.63) is 63.2 Å². The van der Waals surface area contributed by atoms with Crippen molar-refractivity contribution >= 4 is 46.8 Å². The van der Waals surface area contributed by atoms with E-state index in [1.165, 1.54) is 51.6 Å². The summed E-state index contributed by atoms with van der Waals surface area (Å²) >= 11 is 4.50. The minimum absolute atomic E-state index is 0.195. The first-order valence-corrected chi connectivity index (χ1v) is 16.5. The van der Waals surface area contributed by atoms with E-state index >= 15 is 0 Å². The number of nitrogens with zero attached hydrogens (tertiary/aromatic N) is 2. The number of aromatic hydroxyl groups is 1. The third-order valence-electron chi connectivity index (χ3n) is 6.71. The summed E-state index contributed by atoms with van der Waals surface area (Å²) in [7, 11) is 0. The minimum Gasteiger partial charge on any atom is -0.507 e. The van der Waals surface area contributed by atoms with Crippen molar-refractivity contribution in [3.8, 4) is 5.75 Å². The molecular weight excluding hydrogens is 577 g/mol. The Morgan fingerprint density at radius 1 is 0.756 bits per heavy atom. The molecule has 41 heavy (non-hydrogen) atoms. The predicted molar refractivity (Wildman–Crippen MR) is 167 cm³/mol. The zero-order chi connectivity index (χ0) is 30.1. The van der Waals surface area contributed by atoms with Crippen LogP contribution >= 0.6 is 34.9 Å². The summed E-state index contributed by atoms with van der Waals surface area (Å²) in [5.41, 5.74) is 7.57. The zero-order valence-corrected chi connectivity index (χ0v) is 27.4. The average molecular weight is 617 g/mol. The summed E-state index contributed by atoms with van der Waals surface area (Å²) in [6, 6.07) is 8.09. The maximum atomic E-state index is 12.4. The van der Waals surface area contributed by atoms with E-state index in [9.17, 15) is 14.7 Å². The molecule has 0 fully saturated rings. The van der Waals surface area contributed by atoms with Gasteiger partial charge in [-0.2, -0.15) is 0 Å². The molecule has 10 heteroatoms. The van der Waals surface area contributed by atoms with Gasteiger partial charge >= 0.3 is 11.9 Å². The van der Waals surface area contributed by atoms with Crippen molar-refractivity contribution in [1.82, 2.24) is 10.2 Å². The van der Waals surface area contributed by atoms with Crippen LogP contribution in [0.4, 0.5) is 0 Å². The minimum atomic E-state index is -0.261. The SMILES string of the molecule is Cc1cc(CCC(=O)OC(C)CSc2nnc(SCC(C)OC(=O)CCc3cc(C)c(O)c(C)c3)s2)cc(C)c1C. The lowest BCUT2D eigenvalue weighted by Gasteiger charge is -2.13. The second-order valence-electron chi connectivity index (χ2n) is 10.5. The van der Waals surface area contributed by atoms with Crippen LogP contribution in [0.25, 0.3) is 0 Å². The molecule has 0 aliphatic carbocycles. The Hall–Kier alpha value is -2.56. The lowest BCUT2D eigenvalue weighted by molar-refractivity contribution is -0.148. The number of ether oxygens (including phenoxy) is 2. The van der Waals surface area contributed by atoms with E-state index in [-0.39, 0.29) is 30.6 Å². The van der Waals surface area contributed by atoms with Crippen LogP contribution in [-0.4, -0.2) is 51.0 Å². The van der Waals surface area contributed by atoms with Crippen molar-refractivity contribution in [2.24, 2.45) is 0 Å². The van der Waals surface area contributed by atoms with E-state index in [0.29, 0.717) is 36.5 Å². The second kappa shape index (κ2) is 15.6. The van der Waals surface area contributed by atoms with Crippen molar-refractivity contribution in [3.63, 3.8) is 0 Å². The fraction of sp³-hybridized carbons (Fsp3) is 0.484. The third kappa shape index (κ3) is 10.7. The highest BCUT2D eigenvalue weighted by molar-refractivity contribution is 8.03. The normalized spacial score (nSPS) is 12.7. The zero-order valence-electron chi connectivity index (χ0n) is 24.9. The van der Waals surface area contributed by atoms with Crippen LogP contribution in [0.5, 0.6) is 5.75 Å². The number of hydrogen-bond donors (Lipinski definition) is 1. The number of carbonyl (C=O) groups is 2. The molecule has 0 spiro atoms. The number of hydrogen-bond acceptors (Lipinski definition) is 10. The topological polar surface area (TPSA) is 98.6 Å². The van der Waals surface area contributed by atoms with Gasteiger partial charge in [-0.25, -0.2) is 0 Å². The number of rotatable bonds is 14. The average Bonchev–Trinajstić information content (AvgIpc) is 3.37. The third-order valence-corrected chi connectivity index (χ3v) is 10.4. The van der Waals surface area contributed by atoms with Gasteiger partial charge in [0.05, 0.1) is 0 Å². The van der Waals surface area contributed by atoms with Gasteiger partial charge in [0.25, 0.3) is 0 Å². The summed E-state index contributed by atoms with van der Waals surface area (Å²) in [5, 5.41) is 18.4. The predicted octanol–water partition coefficient (Wildman–Crippen LogP) is 7.10. The van der Waals surface area contributed by atoms with Gasteiger partial charge in [0.1, 0.15) is 18.0 Å². The molecule has 2 aromatic carbocycles. The Morgan fingerprint density at radius 3 is 1.56 bits per heavy atom. The summed E-state index contributed by atoms with van der Waals surface area (Å²) in [5.74, 6) is 1.04. The number of thioether (sulfide) groups is 2. The van der Waals surface area contributed by atoms with Gasteiger partial charge in [-0.3, -0.25) is 9.59 Å². The molecule has 0 bridgehead atoms. The monoisotopic (exact) mass is 616 g/mol. The highest BCUT2D eigenvalue weighted by atomic mass is 32.2. The molecule has 0 amide bonds. The highest BCUT2D eigenvalue weighted by Crippen LogP contribution is 2.30. The summed E-state index contributed by atoms with van der Waals surface area (Å²) in [6.45, 7) is 13.8. The van der Waals surface area contributed by atoms with E-state index in [2.05, 4.69) is 43.1 Å². The van der Waals surface area contributed by atoms with Gasteiger partial charge in [-0.05, 0) is 100 Å². The quantitative estimate of drug-likeness (QED) is 0.150. The first kappa shape index (κ1) is 32.9. The molecule has 2 atom stereocenters. The molecule has 3 rings (SSSR count). The van der Waals surface area contributed by atoms with Crippen molar-refractivity contribution in [1.29, 1.82) is 0 Å². The maximum absolute atomic E-state index is 12.4. The van der Waals surface area contributed by atoms with Gasteiger partial charge in [0.15, 0.2) is 8.68 Å². The Balaban J connectivity index is 1.33. The van der Waals surface area contributed by atoms with Crippen molar-refractivity contribution in [2.45, 2.75) is 95.0 Å². The summed E-state index contributed by atoms with van der Waals surface area (Å²) < 4.78 is 12.8. The van der Waals surface area contributed by atoms with Crippen LogP contribution in [0.2, 0.25) is 0 Å². The first-order chi connectivity index (χ1) is 19.4. The summed E-state index contributed by atoms with van der Waals surface area (Å²) in [4.78, 5) is 24.7. The molecule has 1 aromatic heterocycles. The maximum Gasteiger partial charge on any atom is 0.306 e. The molecule has 0 radical (unpaired) electrons. The Morgan fingerprint density at radius 2 is 1.15 bits per heavy atom. The van der Waals surface area contributed by atoms with Crippen LogP contribution in [-0.2, 0) is 31.9 Å².